The lowest BCUT2D eigenvalue weighted by atomic mass is 10.1. The number of sulfonamides is 1. The number of carbonyl (C=O) groups is 2. The minimum Gasteiger partial charge on any atom is -0.352 e. The Morgan fingerprint density at radius 3 is 2.28 bits per heavy atom. The molecule has 0 aliphatic rings. The first-order valence-corrected chi connectivity index (χ1v) is 14.2. The van der Waals surface area contributed by atoms with Gasteiger partial charge in [-0.05, 0) is 62.6 Å². The van der Waals surface area contributed by atoms with Crippen LogP contribution < -0.4 is 9.62 Å². The number of nitrogens with one attached hydrogen (secondary N) is 1. The smallest absolute Gasteiger partial charge is 0.243 e. The van der Waals surface area contributed by atoms with Crippen LogP contribution in [0.25, 0.3) is 0 Å². The van der Waals surface area contributed by atoms with E-state index in [9.17, 15) is 22.4 Å². The second kappa shape index (κ2) is 13.3. The lowest BCUT2D eigenvalue weighted by Crippen LogP contribution is -2.50. The number of halogens is 3. The first kappa shape index (κ1) is 29.9. The van der Waals surface area contributed by atoms with Gasteiger partial charge in [-0.2, -0.15) is 0 Å². The third-order valence-electron chi connectivity index (χ3n) is 5.41. The molecule has 0 radical (unpaired) electrons. The molecule has 36 heavy (non-hydrogen) atoms. The standard InChI is InChI=1S/C25H32Cl2FN3O4S/c1-5-22(25(33)29-17(2)3)30(16-18-8-11-20(28)12-9-18)24(32)7-6-14-31(36(4,34)35)23-15-19(26)10-13-21(23)27/h8-13,15,17,22H,5-7,14,16H2,1-4H3,(H,29,33)/t22-/m1/s1. The van der Waals surface area contributed by atoms with Gasteiger partial charge in [0.1, 0.15) is 11.9 Å². The molecule has 0 saturated heterocycles. The molecule has 2 aromatic carbocycles. The monoisotopic (exact) mass is 559 g/mol. The fraction of sp³-hybridized carbons (Fsp3) is 0.440. The van der Waals surface area contributed by atoms with E-state index in [0.29, 0.717) is 17.0 Å². The van der Waals surface area contributed by atoms with Crippen molar-refractivity contribution in [1.82, 2.24) is 10.2 Å². The Bertz CT molecular complexity index is 1160. The summed E-state index contributed by atoms with van der Waals surface area (Å²) in [4.78, 5) is 27.7. The molecular formula is C25H32Cl2FN3O4S. The zero-order chi connectivity index (χ0) is 27.0. The SMILES string of the molecule is CC[C@H](C(=O)NC(C)C)N(Cc1ccc(F)cc1)C(=O)CCCN(c1cc(Cl)ccc1Cl)S(C)(=O)=O. The number of amides is 2. The van der Waals surface area contributed by atoms with Crippen molar-refractivity contribution in [2.24, 2.45) is 0 Å². The Morgan fingerprint density at radius 1 is 1.08 bits per heavy atom. The summed E-state index contributed by atoms with van der Waals surface area (Å²) in [6.45, 7) is 5.57. The van der Waals surface area contributed by atoms with Crippen LogP contribution in [-0.2, 0) is 26.2 Å². The predicted molar refractivity (Wildman–Crippen MR) is 142 cm³/mol. The second-order valence-corrected chi connectivity index (χ2v) is 11.5. The lowest BCUT2D eigenvalue weighted by molar-refractivity contribution is -0.141. The Morgan fingerprint density at radius 2 is 1.72 bits per heavy atom. The number of hydrogen-bond donors (Lipinski definition) is 1. The van der Waals surface area contributed by atoms with Crippen LogP contribution in [0.4, 0.5) is 10.1 Å². The first-order chi connectivity index (χ1) is 16.8. The van der Waals surface area contributed by atoms with Gasteiger partial charge in [-0.15, -0.1) is 0 Å². The molecule has 0 aromatic heterocycles. The van der Waals surface area contributed by atoms with E-state index in [2.05, 4.69) is 5.32 Å². The zero-order valence-corrected chi connectivity index (χ0v) is 23.1. The predicted octanol–water partition coefficient (Wildman–Crippen LogP) is 5.01. The summed E-state index contributed by atoms with van der Waals surface area (Å²) < 4.78 is 39.4. The molecule has 7 nitrogen and oxygen atoms in total. The van der Waals surface area contributed by atoms with Crippen molar-refractivity contribution >= 4 is 50.7 Å². The van der Waals surface area contributed by atoms with Crippen LogP contribution >= 0.6 is 23.2 Å². The highest BCUT2D eigenvalue weighted by molar-refractivity contribution is 7.92. The Kier molecular flexibility index (Phi) is 11.0. The van der Waals surface area contributed by atoms with E-state index in [1.165, 1.54) is 29.2 Å². The normalized spacial score (nSPS) is 12.3. The molecule has 198 valence electrons. The molecule has 11 heteroatoms. The zero-order valence-electron chi connectivity index (χ0n) is 20.8. The molecule has 1 atom stereocenters. The summed E-state index contributed by atoms with van der Waals surface area (Å²) in [6.07, 6.45) is 1.59. The summed E-state index contributed by atoms with van der Waals surface area (Å²) in [5.41, 5.74) is 0.897. The van der Waals surface area contributed by atoms with Crippen molar-refractivity contribution in [2.45, 2.75) is 58.7 Å². The van der Waals surface area contributed by atoms with E-state index in [1.807, 2.05) is 20.8 Å². The number of benzene rings is 2. The summed E-state index contributed by atoms with van der Waals surface area (Å²) in [6, 6.07) is 9.39. The van der Waals surface area contributed by atoms with Crippen LogP contribution in [-0.4, -0.2) is 50.0 Å². The van der Waals surface area contributed by atoms with Crippen molar-refractivity contribution in [3.63, 3.8) is 0 Å². The lowest BCUT2D eigenvalue weighted by Gasteiger charge is -2.31. The van der Waals surface area contributed by atoms with Crippen LogP contribution in [0.2, 0.25) is 10.0 Å². The van der Waals surface area contributed by atoms with Gasteiger partial charge in [0.15, 0.2) is 0 Å². The number of rotatable bonds is 12. The van der Waals surface area contributed by atoms with Gasteiger partial charge in [-0.3, -0.25) is 13.9 Å². The molecule has 0 unspecified atom stereocenters. The quantitative estimate of drug-likeness (QED) is 0.396. The number of anilines is 1. The number of carbonyl (C=O) groups excluding carboxylic acids is 2. The minimum absolute atomic E-state index is 0.00991. The van der Waals surface area contributed by atoms with Crippen molar-refractivity contribution in [3.8, 4) is 0 Å². The third kappa shape index (κ3) is 8.64. The van der Waals surface area contributed by atoms with Crippen LogP contribution in [0.1, 0.15) is 45.6 Å². The number of nitrogens with zero attached hydrogens (tertiary/aromatic N) is 2. The third-order valence-corrected chi connectivity index (χ3v) is 7.15. The molecule has 0 aliphatic carbocycles. The highest BCUT2D eigenvalue weighted by Gasteiger charge is 2.29. The molecule has 0 bridgehead atoms. The maximum atomic E-state index is 13.4. The van der Waals surface area contributed by atoms with Gasteiger partial charge in [-0.1, -0.05) is 42.3 Å². The van der Waals surface area contributed by atoms with Crippen molar-refractivity contribution in [3.05, 3.63) is 63.9 Å². The minimum atomic E-state index is -3.71. The number of hydrogen-bond acceptors (Lipinski definition) is 4. The summed E-state index contributed by atoms with van der Waals surface area (Å²) >= 11 is 12.3. The van der Waals surface area contributed by atoms with Gasteiger partial charge < -0.3 is 10.2 Å². The van der Waals surface area contributed by atoms with Gasteiger partial charge in [0.2, 0.25) is 21.8 Å². The topological polar surface area (TPSA) is 86.8 Å². The molecule has 2 amide bonds. The van der Waals surface area contributed by atoms with E-state index in [-0.39, 0.29) is 54.5 Å². The molecule has 2 aromatic rings. The van der Waals surface area contributed by atoms with E-state index in [1.54, 1.807) is 18.2 Å². The molecule has 0 spiro atoms. The maximum Gasteiger partial charge on any atom is 0.243 e. The second-order valence-electron chi connectivity index (χ2n) is 8.77. The molecule has 0 fully saturated rings. The van der Waals surface area contributed by atoms with Gasteiger partial charge in [0, 0.05) is 30.6 Å². The molecule has 0 heterocycles. The van der Waals surface area contributed by atoms with E-state index >= 15 is 0 Å². The molecular weight excluding hydrogens is 528 g/mol. The largest absolute Gasteiger partial charge is 0.352 e. The van der Waals surface area contributed by atoms with Crippen LogP contribution in [0, 0.1) is 5.82 Å². The van der Waals surface area contributed by atoms with Gasteiger partial charge >= 0.3 is 0 Å². The molecule has 0 aliphatic heterocycles. The van der Waals surface area contributed by atoms with Gasteiger partial charge in [-0.25, -0.2) is 12.8 Å². The van der Waals surface area contributed by atoms with Crippen LogP contribution in [0.15, 0.2) is 42.5 Å². The highest BCUT2D eigenvalue weighted by Crippen LogP contribution is 2.31. The summed E-state index contributed by atoms with van der Waals surface area (Å²) in [5.74, 6) is -1.01. The van der Waals surface area contributed by atoms with Crippen molar-refractivity contribution in [2.75, 3.05) is 17.1 Å². The summed E-state index contributed by atoms with van der Waals surface area (Å²) in [5, 5.41) is 3.38. The average molecular weight is 561 g/mol. The Hall–Kier alpha value is -2.36. The fourth-order valence-electron chi connectivity index (χ4n) is 3.75. The van der Waals surface area contributed by atoms with Crippen molar-refractivity contribution < 1.29 is 22.4 Å². The Labute approximate surface area is 222 Å². The Balaban J connectivity index is 2.24. The highest BCUT2D eigenvalue weighted by atomic mass is 35.5. The van der Waals surface area contributed by atoms with Gasteiger partial charge in [0.05, 0.1) is 17.0 Å². The molecule has 0 saturated carbocycles. The van der Waals surface area contributed by atoms with E-state index in [0.717, 1.165) is 10.6 Å². The molecule has 1 N–H and O–H groups in total. The summed E-state index contributed by atoms with van der Waals surface area (Å²) in [7, 11) is -3.71. The van der Waals surface area contributed by atoms with E-state index < -0.39 is 21.9 Å². The average Bonchev–Trinajstić information content (AvgIpc) is 2.78. The van der Waals surface area contributed by atoms with E-state index in [4.69, 9.17) is 23.2 Å². The van der Waals surface area contributed by atoms with Gasteiger partial charge in [0.25, 0.3) is 0 Å². The first-order valence-electron chi connectivity index (χ1n) is 11.6. The fourth-order valence-corrected chi connectivity index (χ4v) is 5.15. The molecule has 2 rings (SSSR count). The van der Waals surface area contributed by atoms with Crippen LogP contribution in [0.5, 0.6) is 0 Å². The van der Waals surface area contributed by atoms with Crippen molar-refractivity contribution in [1.29, 1.82) is 0 Å². The van der Waals surface area contributed by atoms with Crippen LogP contribution in [0.3, 0.4) is 0 Å². The maximum absolute atomic E-state index is 13.4.